The third-order valence-electron chi connectivity index (χ3n) is 2.41. The van der Waals surface area contributed by atoms with Gasteiger partial charge in [-0.3, -0.25) is 4.79 Å². The van der Waals surface area contributed by atoms with Crippen molar-refractivity contribution < 1.29 is 23.8 Å². The van der Waals surface area contributed by atoms with Crippen LogP contribution in [0.15, 0.2) is 12.1 Å². The van der Waals surface area contributed by atoms with Crippen LogP contribution in [0.4, 0.5) is 4.39 Å². The lowest BCUT2D eigenvalue weighted by Gasteiger charge is -2.15. The number of benzene rings is 1. The molecule has 1 aromatic rings. The molecule has 0 aromatic heterocycles. The van der Waals surface area contributed by atoms with Crippen molar-refractivity contribution in [1.29, 1.82) is 0 Å². The normalized spacial score (nSPS) is 12.0. The van der Waals surface area contributed by atoms with Crippen LogP contribution in [0, 0.1) is 5.82 Å². The maximum absolute atomic E-state index is 13.9. The third-order valence-corrected chi connectivity index (χ3v) is 2.41. The predicted molar refractivity (Wildman–Crippen MR) is 58.9 cm³/mol. The van der Waals surface area contributed by atoms with Crippen LogP contribution in [0.3, 0.4) is 0 Å². The molecule has 0 aliphatic carbocycles. The summed E-state index contributed by atoms with van der Waals surface area (Å²) >= 11 is 0. The number of carboxylic acid groups (broad SMARTS) is 1. The highest BCUT2D eigenvalue weighted by molar-refractivity contribution is 5.77. The Morgan fingerprint density at radius 2 is 2.12 bits per heavy atom. The molecule has 0 spiro atoms. The van der Waals surface area contributed by atoms with E-state index in [1.807, 2.05) is 0 Å². The van der Waals surface area contributed by atoms with Gasteiger partial charge in [-0.05, 0) is 6.07 Å². The van der Waals surface area contributed by atoms with Gasteiger partial charge in [0.1, 0.15) is 5.75 Å². The largest absolute Gasteiger partial charge is 0.497 e. The first-order chi connectivity index (χ1) is 8.04. The molecule has 5 nitrogen and oxygen atoms in total. The molecule has 1 rings (SSSR count). The Bertz CT molecular complexity index is 422. The molecule has 3 N–H and O–H groups in total. The number of nitrogens with two attached hydrogens (primary N) is 1. The van der Waals surface area contributed by atoms with Crippen molar-refractivity contribution in [3.63, 3.8) is 0 Å². The summed E-state index contributed by atoms with van der Waals surface area (Å²) in [5, 5.41) is 8.95. The molecule has 0 radical (unpaired) electrons. The highest BCUT2D eigenvalue weighted by Gasteiger charge is 2.24. The van der Waals surface area contributed by atoms with E-state index in [0.717, 1.165) is 0 Å². The molecule has 1 aromatic carbocycles. The van der Waals surface area contributed by atoms with E-state index < -0.39 is 17.7 Å². The Balaban J connectivity index is 3.34. The number of carbonyl (C=O) groups is 1. The van der Waals surface area contributed by atoms with Gasteiger partial charge < -0.3 is 20.3 Å². The van der Waals surface area contributed by atoms with Crippen LogP contribution in [0.5, 0.6) is 11.5 Å². The molecule has 0 amide bonds. The third kappa shape index (κ3) is 2.65. The molecule has 0 saturated carbocycles. The highest BCUT2D eigenvalue weighted by atomic mass is 19.1. The Morgan fingerprint density at radius 3 is 2.53 bits per heavy atom. The molecule has 0 bridgehead atoms. The molecular weight excluding hydrogens is 229 g/mol. The number of ether oxygens (including phenoxy) is 2. The van der Waals surface area contributed by atoms with E-state index in [4.69, 9.17) is 20.3 Å². The van der Waals surface area contributed by atoms with Gasteiger partial charge >= 0.3 is 5.97 Å². The fourth-order valence-electron chi connectivity index (χ4n) is 1.47. The molecule has 94 valence electrons. The number of halogens is 1. The molecule has 6 heteroatoms. The molecule has 1 atom stereocenters. The topological polar surface area (TPSA) is 81.8 Å². The second-order valence-corrected chi connectivity index (χ2v) is 3.36. The molecule has 0 saturated heterocycles. The van der Waals surface area contributed by atoms with Gasteiger partial charge in [0.05, 0.1) is 20.1 Å². The first-order valence-corrected chi connectivity index (χ1v) is 4.89. The minimum atomic E-state index is -1.19. The van der Waals surface area contributed by atoms with Crippen molar-refractivity contribution in [2.75, 3.05) is 20.8 Å². The number of carboxylic acids is 1. The summed E-state index contributed by atoms with van der Waals surface area (Å²) in [6.45, 7) is -0.206. The van der Waals surface area contributed by atoms with E-state index in [-0.39, 0.29) is 17.9 Å². The lowest BCUT2D eigenvalue weighted by Crippen LogP contribution is -2.22. The molecule has 1 unspecified atom stereocenters. The molecular formula is C11H14FNO4. The number of aliphatic carboxylic acids is 1. The Hall–Kier alpha value is -1.82. The Labute approximate surface area is 97.9 Å². The van der Waals surface area contributed by atoms with Gasteiger partial charge in [-0.1, -0.05) is 0 Å². The van der Waals surface area contributed by atoms with E-state index in [2.05, 4.69) is 0 Å². The minimum Gasteiger partial charge on any atom is -0.497 e. The summed E-state index contributed by atoms with van der Waals surface area (Å²) in [6.07, 6.45) is 0. The summed E-state index contributed by atoms with van der Waals surface area (Å²) in [4.78, 5) is 11.0. The second kappa shape index (κ2) is 5.49. The first-order valence-electron chi connectivity index (χ1n) is 4.89. The van der Waals surface area contributed by atoms with Crippen molar-refractivity contribution in [1.82, 2.24) is 0 Å². The van der Waals surface area contributed by atoms with Gasteiger partial charge in [0, 0.05) is 18.2 Å². The Morgan fingerprint density at radius 1 is 1.47 bits per heavy atom. The molecule has 0 heterocycles. The second-order valence-electron chi connectivity index (χ2n) is 3.36. The average molecular weight is 243 g/mol. The SMILES string of the molecule is COc1cc(OC)c(F)c(C(CN)C(=O)O)c1. The summed E-state index contributed by atoms with van der Waals surface area (Å²) in [7, 11) is 2.69. The highest BCUT2D eigenvalue weighted by Crippen LogP contribution is 2.31. The van der Waals surface area contributed by atoms with Crippen LogP contribution >= 0.6 is 0 Å². The van der Waals surface area contributed by atoms with Gasteiger partial charge in [0.2, 0.25) is 0 Å². The van der Waals surface area contributed by atoms with Crippen LogP contribution < -0.4 is 15.2 Å². The van der Waals surface area contributed by atoms with Crippen LogP contribution in [0.1, 0.15) is 11.5 Å². The van der Waals surface area contributed by atoms with Crippen molar-refractivity contribution >= 4 is 5.97 Å². The van der Waals surface area contributed by atoms with Crippen molar-refractivity contribution in [3.05, 3.63) is 23.5 Å². The van der Waals surface area contributed by atoms with Crippen LogP contribution in [0.2, 0.25) is 0 Å². The zero-order valence-corrected chi connectivity index (χ0v) is 9.57. The quantitative estimate of drug-likeness (QED) is 0.805. The van der Waals surface area contributed by atoms with E-state index in [1.54, 1.807) is 0 Å². The predicted octanol–water partition coefficient (Wildman–Crippen LogP) is 0.970. The van der Waals surface area contributed by atoms with E-state index >= 15 is 0 Å². The maximum Gasteiger partial charge on any atom is 0.312 e. The van der Waals surface area contributed by atoms with Crippen LogP contribution in [-0.4, -0.2) is 31.8 Å². The zero-order valence-electron chi connectivity index (χ0n) is 9.57. The first kappa shape index (κ1) is 13.2. The van der Waals surface area contributed by atoms with Gasteiger partial charge in [-0.25, -0.2) is 4.39 Å². The number of hydrogen-bond acceptors (Lipinski definition) is 4. The smallest absolute Gasteiger partial charge is 0.312 e. The van der Waals surface area contributed by atoms with E-state index in [0.29, 0.717) is 5.75 Å². The van der Waals surface area contributed by atoms with Gasteiger partial charge in [-0.15, -0.1) is 0 Å². The zero-order chi connectivity index (χ0) is 13.0. The van der Waals surface area contributed by atoms with Gasteiger partial charge in [0.25, 0.3) is 0 Å². The standard InChI is InChI=1S/C11H14FNO4/c1-16-6-3-7(8(5-13)11(14)15)10(12)9(4-6)17-2/h3-4,8H,5,13H2,1-2H3,(H,14,15). The van der Waals surface area contributed by atoms with Crippen LogP contribution in [0.25, 0.3) is 0 Å². The lowest BCUT2D eigenvalue weighted by atomic mass is 9.98. The average Bonchev–Trinajstić information content (AvgIpc) is 2.31. The van der Waals surface area contributed by atoms with Crippen LogP contribution in [-0.2, 0) is 4.79 Å². The fraction of sp³-hybridized carbons (Fsp3) is 0.364. The number of hydrogen-bond donors (Lipinski definition) is 2. The number of methoxy groups -OCH3 is 2. The van der Waals surface area contributed by atoms with Gasteiger partial charge in [0.15, 0.2) is 11.6 Å². The maximum atomic E-state index is 13.9. The van der Waals surface area contributed by atoms with Crippen molar-refractivity contribution in [3.8, 4) is 11.5 Å². The minimum absolute atomic E-state index is 0.0452. The summed E-state index contributed by atoms with van der Waals surface area (Å²) in [5.41, 5.74) is 5.28. The summed E-state index contributed by atoms with van der Waals surface area (Å²) in [6, 6.07) is 2.65. The van der Waals surface area contributed by atoms with Crippen molar-refractivity contribution in [2.24, 2.45) is 5.73 Å². The Kier molecular flexibility index (Phi) is 4.28. The summed E-state index contributed by atoms with van der Waals surface area (Å²) < 4.78 is 23.6. The number of rotatable bonds is 5. The lowest BCUT2D eigenvalue weighted by molar-refractivity contribution is -0.138. The van der Waals surface area contributed by atoms with Gasteiger partial charge in [-0.2, -0.15) is 0 Å². The summed E-state index contributed by atoms with van der Waals surface area (Å²) in [5.74, 6) is -2.80. The van der Waals surface area contributed by atoms with E-state index in [1.165, 1.54) is 26.4 Å². The molecule has 17 heavy (non-hydrogen) atoms. The van der Waals surface area contributed by atoms with Crippen molar-refractivity contribution in [2.45, 2.75) is 5.92 Å². The molecule has 0 fully saturated rings. The van der Waals surface area contributed by atoms with E-state index in [9.17, 15) is 9.18 Å². The molecule has 0 aliphatic rings. The fourth-order valence-corrected chi connectivity index (χ4v) is 1.47. The molecule has 0 aliphatic heterocycles. The monoisotopic (exact) mass is 243 g/mol.